The molecule has 1 unspecified atom stereocenters. The number of aromatic nitrogens is 1. The van der Waals surface area contributed by atoms with E-state index in [0.717, 1.165) is 41.4 Å². The lowest BCUT2D eigenvalue weighted by Crippen LogP contribution is -2.31. The zero-order valence-electron chi connectivity index (χ0n) is 16.1. The standard InChI is InChI=1S/C24H23NO3/c1-3-4-5-9-18-23(26)19-15-17(12-14-22(19)28-24(18)27-2)21-13-11-16-8-6-7-10-20(16)25-21/h6-15,24H,3-5H2,1-2H3. The number of ether oxygens (including phenoxy) is 2. The highest BCUT2D eigenvalue weighted by molar-refractivity contribution is 6.12. The first-order valence-corrected chi connectivity index (χ1v) is 9.65. The second-order valence-electron chi connectivity index (χ2n) is 6.92. The number of methoxy groups -OCH3 is 1. The van der Waals surface area contributed by atoms with E-state index in [1.54, 1.807) is 7.11 Å². The molecule has 0 fully saturated rings. The van der Waals surface area contributed by atoms with Crippen molar-refractivity contribution in [3.8, 4) is 17.0 Å². The van der Waals surface area contributed by atoms with Crippen LogP contribution in [0.1, 0.15) is 36.5 Å². The Labute approximate surface area is 164 Å². The van der Waals surface area contributed by atoms with Crippen LogP contribution in [0.5, 0.6) is 5.75 Å². The number of pyridine rings is 1. The highest BCUT2D eigenvalue weighted by Crippen LogP contribution is 2.34. The van der Waals surface area contributed by atoms with E-state index >= 15 is 0 Å². The number of unbranched alkanes of at least 4 members (excludes halogenated alkanes) is 2. The molecule has 1 aliphatic rings. The monoisotopic (exact) mass is 373 g/mol. The van der Waals surface area contributed by atoms with Crippen LogP contribution in [0.25, 0.3) is 22.2 Å². The second-order valence-corrected chi connectivity index (χ2v) is 6.92. The summed E-state index contributed by atoms with van der Waals surface area (Å²) in [4.78, 5) is 17.9. The normalized spacial score (nSPS) is 17.6. The van der Waals surface area contributed by atoms with Crippen LogP contribution in [0.15, 0.2) is 66.2 Å². The third kappa shape index (κ3) is 3.43. The molecule has 3 aromatic rings. The van der Waals surface area contributed by atoms with Crippen LogP contribution < -0.4 is 4.74 Å². The fourth-order valence-electron chi connectivity index (χ4n) is 3.46. The second kappa shape index (κ2) is 7.95. The number of carbonyl (C=O) groups is 1. The first-order chi connectivity index (χ1) is 13.7. The minimum atomic E-state index is -0.651. The summed E-state index contributed by atoms with van der Waals surface area (Å²) in [5, 5.41) is 1.09. The molecule has 0 radical (unpaired) electrons. The highest BCUT2D eigenvalue weighted by Gasteiger charge is 2.32. The average Bonchev–Trinajstić information content (AvgIpc) is 2.74. The number of allylic oxidation sites excluding steroid dienone is 1. The van der Waals surface area contributed by atoms with E-state index in [9.17, 15) is 4.79 Å². The molecule has 0 amide bonds. The SMILES string of the molecule is CCCCC=C1C(=O)c2cc(-c3ccc4ccccc4n3)ccc2OC1OC. The lowest BCUT2D eigenvalue weighted by molar-refractivity contribution is -0.0284. The molecule has 1 aliphatic heterocycles. The zero-order valence-corrected chi connectivity index (χ0v) is 16.1. The molecule has 4 nitrogen and oxygen atoms in total. The number of rotatable bonds is 5. The van der Waals surface area contributed by atoms with Gasteiger partial charge in [-0.15, -0.1) is 0 Å². The predicted molar refractivity (Wildman–Crippen MR) is 111 cm³/mol. The summed E-state index contributed by atoms with van der Waals surface area (Å²) >= 11 is 0. The molecule has 28 heavy (non-hydrogen) atoms. The van der Waals surface area contributed by atoms with Crippen molar-refractivity contribution in [3.63, 3.8) is 0 Å². The number of nitrogens with zero attached hydrogens (tertiary/aromatic N) is 1. The van der Waals surface area contributed by atoms with Crippen molar-refractivity contribution in [1.29, 1.82) is 0 Å². The van der Waals surface area contributed by atoms with E-state index in [1.807, 2.05) is 60.7 Å². The molecule has 0 aliphatic carbocycles. The van der Waals surface area contributed by atoms with E-state index in [4.69, 9.17) is 14.5 Å². The van der Waals surface area contributed by atoms with Gasteiger partial charge in [-0.2, -0.15) is 0 Å². The minimum Gasteiger partial charge on any atom is -0.460 e. The average molecular weight is 373 g/mol. The number of Topliss-reactive ketones (excluding diaryl/α,β-unsaturated/α-hetero) is 1. The molecule has 0 saturated heterocycles. The number of para-hydroxylation sites is 1. The highest BCUT2D eigenvalue weighted by atomic mass is 16.7. The Hall–Kier alpha value is -2.98. The van der Waals surface area contributed by atoms with E-state index in [0.29, 0.717) is 16.9 Å². The summed E-state index contributed by atoms with van der Waals surface area (Å²) in [6.45, 7) is 2.13. The van der Waals surface area contributed by atoms with Gasteiger partial charge in [0.2, 0.25) is 6.29 Å². The molecule has 0 bridgehead atoms. The van der Waals surface area contributed by atoms with Crippen LogP contribution >= 0.6 is 0 Å². The number of carbonyl (C=O) groups excluding carboxylic acids is 1. The van der Waals surface area contributed by atoms with Crippen LogP contribution in [-0.2, 0) is 4.74 Å². The van der Waals surface area contributed by atoms with E-state index in [2.05, 4.69) is 6.92 Å². The Morgan fingerprint density at radius 3 is 2.82 bits per heavy atom. The molecule has 0 saturated carbocycles. The van der Waals surface area contributed by atoms with Crippen molar-refractivity contribution in [2.75, 3.05) is 7.11 Å². The summed E-state index contributed by atoms with van der Waals surface area (Å²) in [6.07, 6.45) is 4.24. The molecule has 1 aromatic heterocycles. The number of benzene rings is 2. The Morgan fingerprint density at radius 2 is 2.00 bits per heavy atom. The van der Waals surface area contributed by atoms with Crippen LogP contribution in [0.4, 0.5) is 0 Å². The molecule has 2 heterocycles. The number of hydrogen-bond acceptors (Lipinski definition) is 4. The van der Waals surface area contributed by atoms with Gasteiger partial charge in [0.15, 0.2) is 5.78 Å². The largest absolute Gasteiger partial charge is 0.460 e. The van der Waals surface area contributed by atoms with Crippen molar-refractivity contribution in [2.45, 2.75) is 32.5 Å². The first kappa shape index (κ1) is 18.4. The fourth-order valence-corrected chi connectivity index (χ4v) is 3.46. The van der Waals surface area contributed by atoms with Crippen molar-refractivity contribution in [1.82, 2.24) is 4.98 Å². The summed E-state index contributed by atoms with van der Waals surface area (Å²) < 4.78 is 11.3. The van der Waals surface area contributed by atoms with Gasteiger partial charge < -0.3 is 9.47 Å². The van der Waals surface area contributed by atoms with E-state index in [-0.39, 0.29) is 5.78 Å². The third-order valence-electron chi connectivity index (χ3n) is 5.00. The van der Waals surface area contributed by atoms with Crippen molar-refractivity contribution in [2.24, 2.45) is 0 Å². The van der Waals surface area contributed by atoms with Gasteiger partial charge in [-0.25, -0.2) is 4.98 Å². The van der Waals surface area contributed by atoms with Gasteiger partial charge in [0.25, 0.3) is 0 Å². The zero-order chi connectivity index (χ0) is 19.5. The van der Waals surface area contributed by atoms with Crippen LogP contribution in [-0.4, -0.2) is 24.2 Å². The predicted octanol–water partition coefficient (Wildman–Crippen LogP) is 5.57. The molecule has 4 heteroatoms. The first-order valence-electron chi connectivity index (χ1n) is 9.65. The Kier molecular flexibility index (Phi) is 5.22. The molecule has 142 valence electrons. The summed E-state index contributed by atoms with van der Waals surface area (Å²) in [5.74, 6) is 0.515. The molecule has 2 aromatic carbocycles. The quantitative estimate of drug-likeness (QED) is 0.433. The van der Waals surface area contributed by atoms with Crippen LogP contribution in [0.2, 0.25) is 0 Å². The Balaban J connectivity index is 1.73. The molecular weight excluding hydrogens is 350 g/mol. The van der Waals surface area contributed by atoms with E-state index < -0.39 is 6.29 Å². The topological polar surface area (TPSA) is 48.4 Å². The summed E-state index contributed by atoms with van der Waals surface area (Å²) in [7, 11) is 1.56. The minimum absolute atomic E-state index is 0.0353. The molecule has 1 atom stereocenters. The number of ketones is 1. The molecule has 4 rings (SSSR count). The summed E-state index contributed by atoms with van der Waals surface area (Å²) in [6, 6.07) is 17.7. The van der Waals surface area contributed by atoms with Crippen LogP contribution in [0.3, 0.4) is 0 Å². The van der Waals surface area contributed by atoms with Gasteiger partial charge in [-0.1, -0.05) is 50.1 Å². The third-order valence-corrected chi connectivity index (χ3v) is 5.00. The molecular formula is C24H23NO3. The lowest BCUT2D eigenvalue weighted by Gasteiger charge is -2.27. The maximum absolute atomic E-state index is 13.1. The van der Waals surface area contributed by atoms with Gasteiger partial charge in [0.05, 0.1) is 22.3 Å². The summed E-state index contributed by atoms with van der Waals surface area (Å²) in [5.41, 5.74) is 3.79. The maximum atomic E-state index is 13.1. The van der Waals surface area contributed by atoms with Crippen molar-refractivity contribution in [3.05, 3.63) is 71.8 Å². The Morgan fingerprint density at radius 1 is 1.14 bits per heavy atom. The fraction of sp³-hybridized carbons (Fsp3) is 0.250. The van der Waals surface area contributed by atoms with Gasteiger partial charge >= 0.3 is 0 Å². The molecule has 0 N–H and O–H groups in total. The van der Waals surface area contributed by atoms with Crippen molar-refractivity contribution >= 4 is 16.7 Å². The molecule has 0 spiro atoms. The maximum Gasteiger partial charge on any atom is 0.230 e. The van der Waals surface area contributed by atoms with Crippen molar-refractivity contribution < 1.29 is 14.3 Å². The number of fused-ring (bicyclic) bond motifs is 2. The van der Waals surface area contributed by atoms with Gasteiger partial charge in [0, 0.05) is 18.1 Å². The smallest absolute Gasteiger partial charge is 0.230 e. The van der Waals surface area contributed by atoms with Gasteiger partial charge in [-0.05, 0) is 36.8 Å². The van der Waals surface area contributed by atoms with Crippen LogP contribution in [0, 0.1) is 0 Å². The van der Waals surface area contributed by atoms with Gasteiger partial charge in [0.1, 0.15) is 5.75 Å². The van der Waals surface area contributed by atoms with Gasteiger partial charge in [-0.3, -0.25) is 4.79 Å². The Bertz CT molecular complexity index is 1050. The number of hydrogen-bond donors (Lipinski definition) is 0. The van der Waals surface area contributed by atoms with E-state index in [1.165, 1.54) is 0 Å². The lowest BCUT2D eigenvalue weighted by atomic mass is 9.95.